The molecular formula is C10H16O2. The van der Waals surface area contributed by atoms with Gasteiger partial charge in [-0.1, -0.05) is 19.6 Å². The zero-order chi connectivity index (χ0) is 9.56. The van der Waals surface area contributed by atoms with Gasteiger partial charge in [0.25, 0.3) is 0 Å². The first kappa shape index (κ1) is 11.0. The highest BCUT2D eigenvalue weighted by atomic mass is 16.5. The first-order valence-electron chi connectivity index (χ1n) is 4.07. The Hall–Kier alpha value is -1.05. The summed E-state index contributed by atoms with van der Waals surface area (Å²) in [4.78, 5) is 10.9. The second-order valence-electron chi connectivity index (χ2n) is 2.78. The molecule has 2 nitrogen and oxygen atoms in total. The first-order valence-corrected chi connectivity index (χ1v) is 4.07. The molecular weight excluding hydrogens is 152 g/mol. The van der Waals surface area contributed by atoms with Crippen LogP contribution in [0.25, 0.3) is 0 Å². The lowest BCUT2D eigenvalue weighted by Gasteiger charge is -2.09. The van der Waals surface area contributed by atoms with Crippen molar-refractivity contribution in [3.8, 4) is 0 Å². The molecule has 0 aromatic carbocycles. The summed E-state index contributed by atoms with van der Waals surface area (Å²) in [5, 5.41) is 0. The van der Waals surface area contributed by atoms with Crippen molar-refractivity contribution in [3.63, 3.8) is 0 Å². The highest BCUT2D eigenvalue weighted by molar-refractivity contribution is 5.86. The van der Waals surface area contributed by atoms with Crippen molar-refractivity contribution in [1.82, 2.24) is 0 Å². The number of carbonyl (C=O) groups is 1. The quantitative estimate of drug-likeness (QED) is 0.358. The maximum atomic E-state index is 10.9. The molecule has 0 saturated carbocycles. The van der Waals surface area contributed by atoms with Crippen molar-refractivity contribution in [2.45, 2.75) is 20.3 Å². The Morgan fingerprint density at radius 2 is 2.25 bits per heavy atom. The van der Waals surface area contributed by atoms with E-state index in [0.717, 1.165) is 6.42 Å². The molecule has 0 unspecified atom stereocenters. The molecule has 0 amide bonds. The molecule has 0 aromatic heterocycles. The van der Waals surface area contributed by atoms with Crippen molar-refractivity contribution < 1.29 is 9.53 Å². The van der Waals surface area contributed by atoms with Gasteiger partial charge in [-0.25, -0.2) is 4.79 Å². The maximum Gasteiger partial charge on any atom is 0.333 e. The predicted octanol–water partition coefficient (Wildman–Crippen LogP) is 2.32. The fourth-order valence-electron chi connectivity index (χ4n) is 0.658. The monoisotopic (exact) mass is 168 g/mol. The van der Waals surface area contributed by atoms with Gasteiger partial charge in [0.05, 0.1) is 6.61 Å². The van der Waals surface area contributed by atoms with Crippen LogP contribution in [-0.2, 0) is 9.53 Å². The second-order valence-corrected chi connectivity index (χ2v) is 2.78. The number of hydrogen-bond acceptors (Lipinski definition) is 2. The Labute approximate surface area is 73.9 Å². The molecule has 2 heteroatoms. The van der Waals surface area contributed by atoms with Gasteiger partial charge in [0.2, 0.25) is 0 Å². The minimum Gasteiger partial charge on any atom is -0.462 e. The largest absolute Gasteiger partial charge is 0.462 e. The molecule has 0 N–H and O–H groups in total. The van der Waals surface area contributed by atoms with Gasteiger partial charge in [0.15, 0.2) is 0 Å². The van der Waals surface area contributed by atoms with Crippen molar-refractivity contribution in [2.24, 2.45) is 5.92 Å². The van der Waals surface area contributed by atoms with Crippen LogP contribution in [0.5, 0.6) is 0 Å². The van der Waals surface area contributed by atoms with E-state index in [1.165, 1.54) is 0 Å². The lowest BCUT2D eigenvalue weighted by Crippen LogP contribution is -2.12. The summed E-state index contributed by atoms with van der Waals surface area (Å²) in [5.41, 5.74) is 0.439. The molecule has 12 heavy (non-hydrogen) atoms. The van der Waals surface area contributed by atoms with Gasteiger partial charge in [-0.2, -0.15) is 0 Å². The Balaban J connectivity index is 3.73. The van der Waals surface area contributed by atoms with E-state index in [-0.39, 0.29) is 11.9 Å². The number of rotatable bonds is 5. The summed E-state index contributed by atoms with van der Waals surface area (Å²) in [6.07, 6.45) is 2.73. The summed E-state index contributed by atoms with van der Waals surface area (Å²) in [6.45, 7) is 11.2. The van der Waals surface area contributed by atoms with Crippen LogP contribution in [0, 0.1) is 5.92 Å². The van der Waals surface area contributed by atoms with E-state index < -0.39 is 0 Å². The van der Waals surface area contributed by atoms with Crippen molar-refractivity contribution in [1.29, 1.82) is 0 Å². The van der Waals surface area contributed by atoms with Gasteiger partial charge < -0.3 is 4.74 Å². The standard InChI is InChI=1S/C10H16O2/c1-5-9(6-2)7-12-10(11)8(3)4/h5,9H,1,3,6-7H2,2,4H3/t9-/m1/s1. The molecule has 0 aliphatic rings. The average Bonchev–Trinajstić information content (AvgIpc) is 2.05. The summed E-state index contributed by atoms with van der Waals surface area (Å²) in [5.74, 6) is -0.0661. The van der Waals surface area contributed by atoms with E-state index in [4.69, 9.17) is 4.74 Å². The number of esters is 1. The third kappa shape index (κ3) is 3.96. The summed E-state index contributed by atoms with van der Waals surface area (Å²) in [6, 6.07) is 0. The van der Waals surface area contributed by atoms with E-state index in [0.29, 0.717) is 12.2 Å². The molecule has 0 aliphatic heterocycles. The normalized spacial score (nSPS) is 11.8. The van der Waals surface area contributed by atoms with Gasteiger partial charge in [-0.05, 0) is 13.3 Å². The topological polar surface area (TPSA) is 26.3 Å². The van der Waals surface area contributed by atoms with Crippen LogP contribution in [0.4, 0.5) is 0 Å². The highest BCUT2D eigenvalue weighted by Gasteiger charge is 2.06. The van der Waals surface area contributed by atoms with Gasteiger partial charge in [-0.3, -0.25) is 0 Å². The van der Waals surface area contributed by atoms with E-state index in [1.54, 1.807) is 13.0 Å². The summed E-state index contributed by atoms with van der Waals surface area (Å²) < 4.78 is 4.94. The van der Waals surface area contributed by atoms with Crippen LogP contribution in [0.3, 0.4) is 0 Å². The number of ether oxygens (including phenoxy) is 1. The molecule has 0 fully saturated rings. The smallest absolute Gasteiger partial charge is 0.333 e. The fourth-order valence-corrected chi connectivity index (χ4v) is 0.658. The summed E-state index contributed by atoms with van der Waals surface area (Å²) in [7, 11) is 0. The van der Waals surface area contributed by atoms with Crippen LogP contribution >= 0.6 is 0 Å². The van der Waals surface area contributed by atoms with E-state index in [9.17, 15) is 4.79 Å². The minimum absolute atomic E-state index is 0.258. The molecule has 1 atom stereocenters. The number of carbonyl (C=O) groups excluding carboxylic acids is 1. The van der Waals surface area contributed by atoms with Crippen LogP contribution in [0.15, 0.2) is 24.8 Å². The first-order chi connectivity index (χ1) is 5.61. The SMILES string of the molecule is C=C[C@H](CC)COC(=O)C(=C)C. The fraction of sp³-hybridized carbons (Fsp3) is 0.500. The van der Waals surface area contributed by atoms with Crippen molar-refractivity contribution in [2.75, 3.05) is 6.61 Å². The third-order valence-corrected chi connectivity index (χ3v) is 1.63. The molecule has 0 aliphatic carbocycles. The zero-order valence-electron chi connectivity index (χ0n) is 7.80. The molecule has 68 valence electrons. The Bertz CT molecular complexity index is 182. The molecule has 0 rings (SSSR count). The molecule has 0 bridgehead atoms. The van der Waals surface area contributed by atoms with E-state index in [2.05, 4.69) is 13.2 Å². The van der Waals surface area contributed by atoms with Gasteiger partial charge in [0.1, 0.15) is 0 Å². The van der Waals surface area contributed by atoms with E-state index >= 15 is 0 Å². The van der Waals surface area contributed by atoms with Crippen molar-refractivity contribution >= 4 is 5.97 Å². The van der Waals surface area contributed by atoms with Crippen LogP contribution in [0.2, 0.25) is 0 Å². The predicted molar refractivity (Wildman–Crippen MR) is 49.8 cm³/mol. The second kappa shape index (κ2) is 5.58. The molecule has 0 saturated heterocycles. The van der Waals surface area contributed by atoms with Crippen LogP contribution in [-0.4, -0.2) is 12.6 Å². The maximum absolute atomic E-state index is 10.9. The number of hydrogen-bond donors (Lipinski definition) is 0. The third-order valence-electron chi connectivity index (χ3n) is 1.63. The Morgan fingerprint density at radius 3 is 2.58 bits per heavy atom. The minimum atomic E-state index is -0.324. The van der Waals surface area contributed by atoms with Gasteiger partial charge in [0, 0.05) is 11.5 Å². The Morgan fingerprint density at radius 1 is 1.67 bits per heavy atom. The van der Waals surface area contributed by atoms with Gasteiger partial charge in [-0.15, -0.1) is 6.58 Å². The van der Waals surface area contributed by atoms with Crippen LogP contribution < -0.4 is 0 Å². The van der Waals surface area contributed by atoms with E-state index in [1.807, 2.05) is 6.92 Å². The van der Waals surface area contributed by atoms with Crippen molar-refractivity contribution in [3.05, 3.63) is 24.8 Å². The molecule has 0 radical (unpaired) electrons. The zero-order valence-corrected chi connectivity index (χ0v) is 7.80. The average molecular weight is 168 g/mol. The van der Waals surface area contributed by atoms with Gasteiger partial charge >= 0.3 is 5.97 Å². The lowest BCUT2D eigenvalue weighted by molar-refractivity contribution is -0.139. The molecule has 0 spiro atoms. The molecule has 0 heterocycles. The highest BCUT2D eigenvalue weighted by Crippen LogP contribution is 2.05. The molecule has 0 aromatic rings. The Kier molecular flexibility index (Phi) is 5.09. The summed E-state index contributed by atoms with van der Waals surface area (Å²) >= 11 is 0. The lowest BCUT2D eigenvalue weighted by atomic mass is 10.1. The van der Waals surface area contributed by atoms with Crippen LogP contribution in [0.1, 0.15) is 20.3 Å².